The Morgan fingerprint density at radius 2 is 1.86 bits per heavy atom. The van der Waals surface area contributed by atoms with Crippen LogP contribution in [0.4, 0.5) is 5.69 Å². The van der Waals surface area contributed by atoms with E-state index >= 15 is 0 Å². The van der Waals surface area contributed by atoms with Gasteiger partial charge in [-0.3, -0.25) is 0 Å². The average Bonchev–Trinajstić information content (AvgIpc) is 2.77. The third-order valence-electron chi connectivity index (χ3n) is 5.67. The van der Waals surface area contributed by atoms with Crippen LogP contribution in [0.1, 0.15) is 57.9 Å². The van der Waals surface area contributed by atoms with Crippen molar-refractivity contribution < 1.29 is 0 Å². The van der Waals surface area contributed by atoms with Crippen LogP contribution in [0.15, 0.2) is 24.3 Å². The van der Waals surface area contributed by atoms with Gasteiger partial charge in [0.05, 0.1) is 5.54 Å². The van der Waals surface area contributed by atoms with Gasteiger partial charge in [0.15, 0.2) is 0 Å². The molecule has 1 aromatic rings. The zero-order valence-electron chi connectivity index (χ0n) is 14.1. The second kappa shape index (κ2) is 7.31. The predicted molar refractivity (Wildman–Crippen MR) is 92.9 cm³/mol. The number of rotatable bonds is 5. The quantitative estimate of drug-likeness (QED) is 0.815. The van der Waals surface area contributed by atoms with E-state index in [2.05, 4.69) is 50.1 Å². The van der Waals surface area contributed by atoms with Crippen LogP contribution in [0.3, 0.4) is 0 Å². The largest absolute Gasteiger partial charge is 0.368 e. The molecule has 0 amide bonds. The van der Waals surface area contributed by atoms with Crippen molar-refractivity contribution in [2.45, 2.75) is 64.3 Å². The molecule has 2 heteroatoms. The topological polar surface area (TPSA) is 29.3 Å². The SMILES string of the molecule is CCc1ccc(N(C)C2(CN)CCCC(CC)CC2)cc1. The fourth-order valence-corrected chi connectivity index (χ4v) is 3.78. The number of nitrogens with zero attached hydrogens (tertiary/aromatic N) is 1. The molecule has 2 rings (SSSR count). The molecule has 1 fully saturated rings. The van der Waals surface area contributed by atoms with Crippen molar-refractivity contribution in [3.63, 3.8) is 0 Å². The maximum absolute atomic E-state index is 6.25. The Morgan fingerprint density at radius 3 is 2.43 bits per heavy atom. The number of benzene rings is 1. The number of hydrogen-bond acceptors (Lipinski definition) is 2. The fourth-order valence-electron chi connectivity index (χ4n) is 3.78. The monoisotopic (exact) mass is 288 g/mol. The van der Waals surface area contributed by atoms with Gasteiger partial charge in [-0.15, -0.1) is 0 Å². The Kier molecular flexibility index (Phi) is 5.69. The minimum absolute atomic E-state index is 0.150. The smallest absolute Gasteiger partial charge is 0.0521 e. The molecule has 0 aromatic heterocycles. The number of likely N-dealkylation sites (N-methyl/N-ethyl adjacent to an activating group) is 1. The van der Waals surface area contributed by atoms with Crippen molar-refractivity contribution >= 4 is 5.69 Å². The summed E-state index contributed by atoms with van der Waals surface area (Å²) in [4.78, 5) is 2.46. The maximum Gasteiger partial charge on any atom is 0.0521 e. The van der Waals surface area contributed by atoms with Gasteiger partial charge in [0.25, 0.3) is 0 Å². The van der Waals surface area contributed by atoms with E-state index in [0.717, 1.165) is 18.9 Å². The summed E-state index contributed by atoms with van der Waals surface area (Å²) < 4.78 is 0. The van der Waals surface area contributed by atoms with Crippen molar-refractivity contribution in [1.82, 2.24) is 0 Å². The summed E-state index contributed by atoms with van der Waals surface area (Å²) >= 11 is 0. The van der Waals surface area contributed by atoms with Crippen molar-refractivity contribution in [1.29, 1.82) is 0 Å². The molecule has 118 valence electrons. The van der Waals surface area contributed by atoms with Gasteiger partial charge in [-0.1, -0.05) is 45.2 Å². The van der Waals surface area contributed by atoms with Crippen LogP contribution in [-0.4, -0.2) is 19.1 Å². The summed E-state index contributed by atoms with van der Waals surface area (Å²) in [6.07, 6.45) is 8.89. The van der Waals surface area contributed by atoms with E-state index in [9.17, 15) is 0 Å². The number of nitrogens with two attached hydrogens (primary N) is 1. The molecule has 1 aromatic carbocycles. The van der Waals surface area contributed by atoms with Gasteiger partial charge >= 0.3 is 0 Å². The lowest BCUT2D eigenvalue weighted by molar-refractivity contribution is 0.353. The van der Waals surface area contributed by atoms with Gasteiger partial charge in [-0.2, -0.15) is 0 Å². The first-order valence-corrected chi connectivity index (χ1v) is 8.68. The summed E-state index contributed by atoms with van der Waals surface area (Å²) in [6.45, 7) is 5.29. The van der Waals surface area contributed by atoms with Crippen LogP contribution in [-0.2, 0) is 6.42 Å². The van der Waals surface area contributed by atoms with Crippen LogP contribution in [0.2, 0.25) is 0 Å². The summed E-state index contributed by atoms with van der Waals surface area (Å²) in [5.41, 5.74) is 9.11. The molecule has 0 spiro atoms. The summed E-state index contributed by atoms with van der Waals surface area (Å²) in [6, 6.07) is 9.03. The van der Waals surface area contributed by atoms with Crippen LogP contribution in [0.5, 0.6) is 0 Å². The van der Waals surface area contributed by atoms with E-state index in [4.69, 9.17) is 5.73 Å². The zero-order valence-corrected chi connectivity index (χ0v) is 14.1. The molecular weight excluding hydrogens is 256 g/mol. The van der Waals surface area contributed by atoms with Crippen molar-refractivity contribution in [2.75, 3.05) is 18.5 Å². The molecule has 2 atom stereocenters. The molecule has 0 aliphatic heterocycles. The molecule has 1 aliphatic rings. The Morgan fingerprint density at radius 1 is 1.14 bits per heavy atom. The molecule has 2 unspecified atom stereocenters. The highest BCUT2D eigenvalue weighted by Gasteiger charge is 2.35. The molecule has 0 radical (unpaired) electrons. The van der Waals surface area contributed by atoms with E-state index in [0.29, 0.717) is 0 Å². The van der Waals surface area contributed by atoms with Crippen molar-refractivity contribution in [3.8, 4) is 0 Å². The fraction of sp³-hybridized carbons (Fsp3) is 0.684. The molecule has 2 N–H and O–H groups in total. The Bertz CT molecular complexity index is 426. The van der Waals surface area contributed by atoms with Crippen LogP contribution >= 0.6 is 0 Å². The molecule has 2 nitrogen and oxygen atoms in total. The molecule has 0 heterocycles. The first-order chi connectivity index (χ1) is 10.1. The molecule has 1 aliphatic carbocycles. The molecular formula is C19H32N2. The van der Waals surface area contributed by atoms with Crippen LogP contribution in [0, 0.1) is 5.92 Å². The van der Waals surface area contributed by atoms with Gasteiger partial charge in [-0.05, 0) is 49.3 Å². The first-order valence-electron chi connectivity index (χ1n) is 8.68. The minimum atomic E-state index is 0.150. The second-order valence-electron chi connectivity index (χ2n) is 6.71. The highest BCUT2D eigenvalue weighted by atomic mass is 15.2. The van der Waals surface area contributed by atoms with Gasteiger partial charge in [-0.25, -0.2) is 0 Å². The molecule has 1 saturated carbocycles. The molecule has 0 saturated heterocycles. The highest BCUT2D eigenvalue weighted by Crippen LogP contribution is 2.37. The van der Waals surface area contributed by atoms with Gasteiger partial charge in [0.1, 0.15) is 0 Å². The van der Waals surface area contributed by atoms with Gasteiger partial charge < -0.3 is 10.6 Å². The standard InChI is InChI=1S/C19H32N2/c1-4-16-7-6-13-19(15-20,14-12-16)21(3)18-10-8-17(5-2)9-11-18/h8-11,16H,4-7,12-15,20H2,1-3H3. The highest BCUT2D eigenvalue weighted by molar-refractivity contribution is 5.49. The second-order valence-corrected chi connectivity index (χ2v) is 6.71. The van der Waals surface area contributed by atoms with Gasteiger partial charge in [0, 0.05) is 19.3 Å². The Balaban J connectivity index is 2.17. The lowest BCUT2D eigenvalue weighted by atomic mass is 9.87. The minimum Gasteiger partial charge on any atom is -0.368 e. The zero-order chi connectivity index (χ0) is 15.3. The average molecular weight is 288 g/mol. The molecule has 21 heavy (non-hydrogen) atoms. The number of anilines is 1. The number of hydrogen-bond donors (Lipinski definition) is 1. The third kappa shape index (κ3) is 3.60. The summed E-state index contributed by atoms with van der Waals surface area (Å²) in [7, 11) is 2.24. The third-order valence-corrected chi connectivity index (χ3v) is 5.67. The van der Waals surface area contributed by atoms with Crippen LogP contribution in [0.25, 0.3) is 0 Å². The Hall–Kier alpha value is -1.02. The maximum atomic E-state index is 6.25. The van der Waals surface area contributed by atoms with Gasteiger partial charge in [0.2, 0.25) is 0 Å². The lowest BCUT2D eigenvalue weighted by Gasteiger charge is -2.42. The van der Waals surface area contributed by atoms with E-state index < -0.39 is 0 Å². The van der Waals surface area contributed by atoms with Crippen molar-refractivity contribution in [3.05, 3.63) is 29.8 Å². The normalized spacial score (nSPS) is 26.4. The van der Waals surface area contributed by atoms with Crippen LogP contribution < -0.4 is 10.6 Å². The summed E-state index contributed by atoms with van der Waals surface area (Å²) in [5.74, 6) is 0.897. The predicted octanol–water partition coefficient (Wildman–Crippen LogP) is 4.37. The van der Waals surface area contributed by atoms with E-state index in [-0.39, 0.29) is 5.54 Å². The number of aryl methyl sites for hydroxylation is 1. The first kappa shape index (κ1) is 16.4. The lowest BCUT2D eigenvalue weighted by Crippen LogP contribution is -2.52. The Labute approximate surface area is 130 Å². The van der Waals surface area contributed by atoms with E-state index in [1.165, 1.54) is 49.8 Å². The van der Waals surface area contributed by atoms with E-state index in [1.54, 1.807) is 0 Å². The van der Waals surface area contributed by atoms with Crippen molar-refractivity contribution in [2.24, 2.45) is 11.7 Å². The summed E-state index contributed by atoms with van der Waals surface area (Å²) in [5, 5.41) is 0. The van der Waals surface area contributed by atoms with E-state index in [1.807, 2.05) is 0 Å². The molecule has 0 bridgehead atoms.